The topological polar surface area (TPSA) is 102 Å². The molecule has 1 amide bonds. The van der Waals surface area contributed by atoms with Gasteiger partial charge in [0.15, 0.2) is 0 Å². The molecule has 6 heteroatoms. The van der Waals surface area contributed by atoms with Gasteiger partial charge in [0.25, 0.3) is 0 Å². The molecule has 1 saturated carbocycles. The number of aliphatic hydroxyl groups is 1. The first-order valence-electron chi connectivity index (χ1n) is 5.83. The molecule has 0 aromatic carbocycles. The summed E-state index contributed by atoms with van der Waals surface area (Å²) in [5.74, 6) is 3.13. The fraction of sp³-hybridized carbons (Fsp3) is 0.818. The van der Waals surface area contributed by atoms with E-state index in [4.69, 9.17) is 5.84 Å². The fourth-order valence-corrected chi connectivity index (χ4v) is 2.39. The molecule has 1 atom stereocenters. The number of hydrogen-bond acceptors (Lipinski definition) is 5. The number of hydrazine groups is 1. The van der Waals surface area contributed by atoms with Gasteiger partial charge in [0.1, 0.15) is 0 Å². The second kappa shape index (κ2) is 5.97. The molecular formula is C11H20N2O4. The highest BCUT2D eigenvalue weighted by molar-refractivity contribution is 5.83. The van der Waals surface area contributed by atoms with E-state index in [1.165, 1.54) is 7.11 Å². The Morgan fingerprint density at radius 3 is 2.47 bits per heavy atom. The van der Waals surface area contributed by atoms with Crippen molar-refractivity contribution < 1.29 is 19.4 Å². The van der Waals surface area contributed by atoms with E-state index in [0.29, 0.717) is 12.8 Å². The molecule has 4 N–H and O–H groups in total. The lowest BCUT2D eigenvalue weighted by molar-refractivity contribution is -0.161. The Balaban J connectivity index is 2.80. The minimum absolute atomic E-state index is 0.139. The number of nitrogens with two attached hydrogens (primary N) is 1. The number of methoxy groups -OCH3 is 1. The predicted octanol–water partition coefficient (Wildman–Crippen LogP) is -0.149. The molecule has 1 aliphatic rings. The Labute approximate surface area is 100 Å². The van der Waals surface area contributed by atoms with Gasteiger partial charge in [-0.05, 0) is 12.8 Å². The fourth-order valence-electron chi connectivity index (χ4n) is 2.39. The molecule has 1 fully saturated rings. The summed E-state index contributed by atoms with van der Waals surface area (Å²) in [7, 11) is 1.25. The van der Waals surface area contributed by atoms with Crippen LogP contribution in [0.15, 0.2) is 0 Å². The lowest BCUT2D eigenvalue weighted by Crippen LogP contribution is -2.47. The summed E-state index contributed by atoms with van der Waals surface area (Å²) in [6.07, 6.45) is 3.65. The smallest absolute Gasteiger partial charge is 0.312 e. The summed E-state index contributed by atoms with van der Waals surface area (Å²) in [5, 5.41) is 10.5. The van der Waals surface area contributed by atoms with Crippen molar-refractivity contribution in [1.29, 1.82) is 0 Å². The molecule has 1 aliphatic carbocycles. The van der Waals surface area contributed by atoms with E-state index >= 15 is 0 Å². The number of ether oxygens (including phenoxy) is 1. The quantitative estimate of drug-likeness (QED) is 0.276. The minimum Gasteiger partial charge on any atom is -0.469 e. The van der Waals surface area contributed by atoms with Crippen molar-refractivity contribution in [2.24, 2.45) is 11.8 Å². The number of hydrogen-bond donors (Lipinski definition) is 3. The average molecular weight is 244 g/mol. The number of esters is 1. The van der Waals surface area contributed by atoms with Gasteiger partial charge in [-0.1, -0.05) is 19.3 Å². The third kappa shape index (κ3) is 3.41. The van der Waals surface area contributed by atoms with Gasteiger partial charge in [-0.3, -0.25) is 15.0 Å². The zero-order chi connectivity index (χ0) is 12.9. The Bertz CT molecular complexity index is 287. The standard InChI is InChI=1S/C11H20N2O4/c1-17-10(15)8(7-9(14)13-12)11(16)5-3-2-4-6-11/h8,16H,2-7,12H2,1H3,(H,13,14)/t8-/m1/s1. The normalized spacial score (nSPS) is 20.4. The second-order valence-electron chi connectivity index (χ2n) is 4.51. The van der Waals surface area contributed by atoms with Crippen molar-refractivity contribution in [2.75, 3.05) is 7.11 Å². The first-order valence-corrected chi connectivity index (χ1v) is 5.83. The van der Waals surface area contributed by atoms with E-state index in [0.717, 1.165) is 19.3 Å². The SMILES string of the molecule is COC(=O)[C@@H](CC(=O)NN)C1(O)CCCCC1. The highest BCUT2D eigenvalue weighted by atomic mass is 16.5. The average Bonchev–Trinajstić information content (AvgIpc) is 2.35. The molecule has 0 spiro atoms. The summed E-state index contributed by atoms with van der Waals surface area (Å²) in [5.41, 5.74) is 0.832. The summed E-state index contributed by atoms with van der Waals surface area (Å²) in [6.45, 7) is 0. The molecule has 1 rings (SSSR count). The van der Waals surface area contributed by atoms with Gasteiger partial charge >= 0.3 is 5.97 Å². The Morgan fingerprint density at radius 2 is 2.00 bits per heavy atom. The first kappa shape index (κ1) is 13.9. The van der Waals surface area contributed by atoms with Crippen LogP contribution in [0.5, 0.6) is 0 Å². The van der Waals surface area contributed by atoms with E-state index in [9.17, 15) is 14.7 Å². The molecule has 6 nitrogen and oxygen atoms in total. The molecule has 0 saturated heterocycles. The zero-order valence-corrected chi connectivity index (χ0v) is 10.1. The van der Waals surface area contributed by atoms with Crippen LogP contribution in [0.3, 0.4) is 0 Å². The van der Waals surface area contributed by atoms with Crippen molar-refractivity contribution in [2.45, 2.75) is 44.1 Å². The Hall–Kier alpha value is -1.14. The monoisotopic (exact) mass is 244 g/mol. The van der Waals surface area contributed by atoms with Crippen molar-refractivity contribution in [3.63, 3.8) is 0 Å². The zero-order valence-electron chi connectivity index (χ0n) is 10.1. The number of amides is 1. The van der Waals surface area contributed by atoms with E-state index in [-0.39, 0.29) is 6.42 Å². The lowest BCUT2D eigenvalue weighted by atomic mass is 9.74. The molecule has 0 aromatic heterocycles. The molecule has 0 radical (unpaired) electrons. The van der Waals surface area contributed by atoms with Crippen molar-refractivity contribution in [3.8, 4) is 0 Å². The first-order chi connectivity index (χ1) is 8.03. The van der Waals surface area contributed by atoms with Crippen molar-refractivity contribution in [3.05, 3.63) is 0 Å². The van der Waals surface area contributed by atoms with Crippen molar-refractivity contribution in [1.82, 2.24) is 5.43 Å². The van der Waals surface area contributed by atoms with E-state index in [1.807, 2.05) is 5.43 Å². The molecule has 0 unspecified atom stereocenters. The Morgan fingerprint density at radius 1 is 1.41 bits per heavy atom. The number of rotatable bonds is 4. The predicted molar refractivity (Wildman–Crippen MR) is 60.5 cm³/mol. The third-order valence-corrected chi connectivity index (χ3v) is 3.40. The van der Waals surface area contributed by atoms with E-state index in [2.05, 4.69) is 4.74 Å². The van der Waals surface area contributed by atoms with Crippen LogP contribution in [-0.2, 0) is 14.3 Å². The summed E-state index contributed by atoms with van der Waals surface area (Å²) < 4.78 is 4.66. The summed E-state index contributed by atoms with van der Waals surface area (Å²) >= 11 is 0. The van der Waals surface area contributed by atoms with Crippen LogP contribution in [0.4, 0.5) is 0 Å². The largest absolute Gasteiger partial charge is 0.469 e. The second-order valence-corrected chi connectivity index (χ2v) is 4.51. The maximum absolute atomic E-state index is 11.7. The lowest BCUT2D eigenvalue weighted by Gasteiger charge is -2.37. The third-order valence-electron chi connectivity index (χ3n) is 3.40. The van der Waals surface area contributed by atoms with Gasteiger partial charge < -0.3 is 9.84 Å². The van der Waals surface area contributed by atoms with Gasteiger partial charge in [0.05, 0.1) is 18.6 Å². The van der Waals surface area contributed by atoms with Gasteiger partial charge in [0, 0.05) is 6.42 Å². The van der Waals surface area contributed by atoms with E-state index in [1.54, 1.807) is 0 Å². The highest BCUT2D eigenvalue weighted by Gasteiger charge is 2.43. The highest BCUT2D eigenvalue weighted by Crippen LogP contribution is 2.36. The van der Waals surface area contributed by atoms with Gasteiger partial charge in [0.2, 0.25) is 5.91 Å². The Kier molecular flexibility index (Phi) is 4.89. The number of carbonyl (C=O) groups is 2. The van der Waals surface area contributed by atoms with Gasteiger partial charge in [-0.15, -0.1) is 0 Å². The molecule has 0 aromatic rings. The maximum Gasteiger partial charge on any atom is 0.312 e. The van der Waals surface area contributed by atoms with Gasteiger partial charge in [-0.25, -0.2) is 5.84 Å². The molecule has 17 heavy (non-hydrogen) atoms. The number of nitrogens with one attached hydrogen (secondary N) is 1. The van der Waals surface area contributed by atoms with E-state index < -0.39 is 23.4 Å². The van der Waals surface area contributed by atoms with Crippen LogP contribution >= 0.6 is 0 Å². The number of carbonyl (C=O) groups excluding carboxylic acids is 2. The van der Waals surface area contributed by atoms with Crippen LogP contribution in [0.25, 0.3) is 0 Å². The van der Waals surface area contributed by atoms with Crippen LogP contribution in [0.1, 0.15) is 38.5 Å². The van der Waals surface area contributed by atoms with Crippen LogP contribution in [-0.4, -0.2) is 29.7 Å². The van der Waals surface area contributed by atoms with Crippen LogP contribution in [0, 0.1) is 5.92 Å². The van der Waals surface area contributed by atoms with Gasteiger partial charge in [-0.2, -0.15) is 0 Å². The molecule has 98 valence electrons. The molecule has 0 heterocycles. The molecule has 0 bridgehead atoms. The minimum atomic E-state index is -1.14. The summed E-state index contributed by atoms with van der Waals surface area (Å²) in [4.78, 5) is 22.9. The molecular weight excluding hydrogens is 224 g/mol. The maximum atomic E-state index is 11.7. The van der Waals surface area contributed by atoms with Crippen molar-refractivity contribution >= 4 is 11.9 Å². The van der Waals surface area contributed by atoms with Crippen LogP contribution < -0.4 is 11.3 Å². The summed E-state index contributed by atoms with van der Waals surface area (Å²) in [6, 6.07) is 0. The van der Waals surface area contributed by atoms with Crippen LogP contribution in [0.2, 0.25) is 0 Å². The molecule has 0 aliphatic heterocycles.